The van der Waals surface area contributed by atoms with Crippen molar-refractivity contribution in [2.24, 2.45) is 5.10 Å². The summed E-state index contributed by atoms with van der Waals surface area (Å²) in [5, 5.41) is 19.6. The zero-order valence-electron chi connectivity index (χ0n) is 13.4. The van der Waals surface area contributed by atoms with Gasteiger partial charge in [-0.05, 0) is 18.2 Å². The Morgan fingerprint density at radius 3 is 2.71 bits per heavy atom. The Kier molecular flexibility index (Phi) is 5.21. The molecule has 2 aromatic rings. The van der Waals surface area contributed by atoms with Gasteiger partial charge in [0.05, 0.1) is 5.69 Å². The highest BCUT2D eigenvalue weighted by atomic mass is 35.5. The van der Waals surface area contributed by atoms with E-state index in [1.807, 2.05) is 20.8 Å². The van der Waals surface area contributed by atoms with Crippen molar-refractivity contribution in [3.63, 3.8) is 0 Å². The monoisotopic (exact) mass is 345 g/mol. The minimum Gasteiger partial charge on any atom is -0.359 e. The van der Waals surface area contributed by atoms with Crippen molar-refractivity contribution in [1.29, 1.82) is 5.26 Å². The molecule has 1 amide bonds. The fourth-order valence-corrected chi connectivity index (χ4v) is 1.86. The largest absolute Gasteiger partial charge is 0.359 e. The molecule has 0 unspecified atom stereocenters. The Hall–Kier alpha value is -2.85. The summed E-state index contributed by atoms with van der Waals surface area (Å²) in [5.74, 6) is 0.140. The summed E-state index contributed by atoms with van der Waals surface area (Å²) in [6.45, 7) is 5.86. The van der Waals surface area contributed by atoms with Crippen LogP contribution in [0.2, 0.25) is 5.02 Å². The first-order valence-electron chi connectivity index (χ1n) is 7.07. The molecule has 1 heterocycles. The number of nitrogens with zero attached hydrogens (tertiary/aromatic N) is 3. The molecule has 1 aromatic heterocycles. The van der Waals surface area contributed by atoms with Gasteiger partial charge in [-0.15, -0.1) is 0 Å². The number of anilines is 2. The third-order valence-corrected chi connectivity index (χ3v) is 3.17. The molecule has 0 aliphatic rings. The standard InChI is InChI=1S/C16H16ClN5O2/c1-16(2,3)13-8-14(22-24-13)19-15(23)12(9-18)21-20-11-6-4-5-10(17)7-11/h4-8,20H,1-3H3,(H,19,22,23). The predicted molar refractivity (Wildman–Crippen MR) is 92.0 cm³/mol. The Bertz CT molecular complexity index is 814. The summed E-state index contributed by atoms with van der Waals surface area (Å²) in [6.07, 6.45) is 0. The van der Waals surface area contributed by atoms with Crippen molar-refractivity contribution < 1.29 is 9.32 Å². The lowest BCUT2D eigenvalue weighted by atomic mass is 9.93. The lowest BCUT2D eigenvalue weighted by molar-refractivity contribution is -0.110. The SMILES string of the molecule is CC(C)(C)c1cc(NC(=O)C(C#N)=NNc2cccc(Cl)c2)no1. The molecule has 7 nitrogen and oxygen atoms in total. The van der Waals surface area contributed by atoms with E-state index in [0.717, 1.165) is 0 Å². The van der Waals surface area contributed by atoms with Crippen LogP contribution in [0.4, 0.5) is 11.5 Å². The molecule has 0 saturated carbocycles. The summed E-state index contributed by atoms with van der Waals surface area (Å²) < 4.78 is 5.17. The molecule has 0 bridgehead atoms. The Morgan fingerprint density at radius 1 is 1.38 bits per heavy atom. The van der Waals surface area contributed by atoms with E-state index >= 15 is 0 Å². The molecule has 1 aromatic carbocycles. The first-order valence-corrected chi connectivity index (χ1v) is 7.45. The number of hydrogen-bond donors (Lipinski definition) is 2. The molecule has 0 saturated heterocycles. The third kappa shape index (κ3) is 4.57. The van der Waals surface area contributed by atoms with Crippen LogP contribution in [0.1, 0.15) is 26.5 Å². The van der Waals surface area contributed by atoms with Gasteiger partial charge in [-0.3, -0.25) is 10.2 Å². The number of aromatic nitrogens is 1. The van der Waals surface area contributed by atoms with Crippen LogP contribution in [0.15, 0.2) is 40.0 Å². The maximum Gasteiger partial charge on any atom is 0.288 e. The van der Waals surface area contributed by atoms with Gasteiger partial charge in [-0.2, -0.15) is 10.4 Å². The van der Waals surface area contributed by atoms with E-state index in [-0.39, 0.29) is 16.9 Å². The number of nitrogens with one attached hydrogen (secondary N) is 2. The van der Waals surface area contributed by atoms with Gasteiger partial charge < -0.3 is 9.84 Å². The highest BCUT2D eigenvalue weighted by Crippen LogP contribution is 2.24. The second-order valence-electron chi connectivity index (χ2n) is 5.97. The maximum atomic E-state index is 12.1. The van der Waals surface area contributed by atoms with E-state index in [1.54, 1.807) is 36.4 Å². The molecule has 24 heavy (non-hydrogen) atoms. The van der Waals surface area contributed by atoms with Gasteiger partial charge in [-0.25, -0.2) is 0 Å². The number of hydrogen-bond acceptors (Lipinski definition) is 6. The van der Waals surface area contributed by atoms with E-state index < -0.39 is 5.91 Å². The first kappa shape index (κ1) is 17.5. The molecule has 2 N–H and O–H groups in total. The Labute approximate surface area is 144 Å². The summed E-state index contributed by atoms with van der Waals surface area (Å²) in [4.78, 5) is 12.1. The van der Waals surface area contributed by atoms with Crippen molar-refractivity contribution in [2.45, 2.75) is 26.2 Å². The van der Waals surface area contributed by atoms with Crippen LogP contribution in [0.25, 0.3) is 0 Å². The van der Waals surface area contributed by atoms with Crippen LogP contribution in [0, 0.1) is 11.3 Å². The minimum atomic E-state index is -0.694. The molecule has 0 atom stereocenters. The minimum absolute atomic E-state index is 0.218. The van der Waals surface area contributed by atoms with E-state index in [0.29, 0.717) is 16.5 Å². The zero-order chi connectivity index (χ0) is 17.7. The van der Waals surface area contributed by atoms with Crippen molar-refractivity contribution in [1.82, 2.24) is 5.16 Å². The zero-order valence-corrected chi connectivity index (χ0v) is 14.2. The van der Waals surface area contributed by atoms with Crippen molar-refractivity contribution in [3.05, 3.63) is 41.1 Å². The molecule has 0 spiro atoms. The first-order chi connectivity index (χ1) is 11.3. The van der Waals surface area contributed by atoms with Crippen LogP contribution in [-0.2, 0) is 10.2 Å². The fraction of sp³-hybridized carbons (Fsp3) is 0.250. The van der Waals surface area contributed by atoms with Gasteiger partial charge >= 0.3 is 0 Å². The van der Waals surface area contributed by atoms with Crippen molar-refractivity contribution in [3.8, 4) is 6.07 Å². The van der Waals surface area contributed by atoms with E-state index in [4.69, 9.17) is 21.4 Å². The predicted octanol–water partition coefficient (Wildman–Crippen LogP) is 3.56. The van der Waals surface area contributed by atoms with E-state index in [9.17, 15) is 4.79 Å². The van der Waals surface area contributed by atoms with E-state index in [1.165, 1.54) is 0 Å². The van der Waals surface area contributed by atoms with Gasteiger partial charge in [0.25, 0.3) is 5.91 Å². The summed E-state index contributed by atoms with van der Waals surface area (Å²) in [7, 11) is 0. The van der Waals surface area contributed by atoms with Crippen LogP contribution in [-0.4, -0.2) is 16.8 Å². The maximum absolute atomic E-state index is 12.1. The molecule has 0 radical (unpaired) electrons. The molecule has 124 valence electrons. The number of benzene rings is 1. The highest BCUT2D eigenvalue weighted by molar-refractivity contribution is 6.48. The van der Waals surface area contributed by atoms with Crippen molar-refractivity contribution in [2.75, 3.05) is 10.7 Å². The summed E-state index contributed by atoms with van der Waals surface area (Å²) in [6, 6.07) is 10.1. The normalized spacial score (nSPS) is 11.7. The highest BCUT2D eigenvalue weighted by Gasteiger charge is 2.21. The molecule has 0 aliphatic heterocycles. The Balaban J connectivity index is 2.07. The number of carbonyl (C=O) groups excluding carboxylic acids is 1. The van der Waals surface area contributed by atoms with E-state index in [2.05, 4.69) is 21.0 Å². The molecule has 0 aliphatic carbocycles. The van der Waals surface area contributed by atoms with Gasteiger partial charge in [0.15, 0.2) is 5.82 Å². The van der Waals surface area contributed by atoms with Crippen molar-refractivity contribution >= 4 is 34.7 Å². The number of amides is 1. The second kappa shape index (κ2) is 7.15. The Morgan fingerprint density at radius 2 is 2.12 bits per heavy atom. The van der Waals surface area contributed by atoms with Crippen LogP contribution in [0.5, 0.6) is 0 Å². The number of carbonyl (C=O) groups is 1. The number of halogens is 1. The quantitative estimate of drug-likeness (QED) is 0.651. The third-order valence-electron chi connectivity index (χ3n) is 2.93. The lowest BCUT2D eigenvalue weighted by Gasteiger charge is -2.11. The summed E-state index contributed by atoms with van der Waals surface area (Å²) >= 11 is 5.85. The van der Waals surface area contributed by atoms with Crippen LogP contribution < -0.4 is 10.7 Å². The van der Waals surface area contributed by atoms with Gasteiger partial charge in [0.2, 0.25) is 5.71 Å². The van der Waals surface area contributed by atoms with Crippen LogP contribution >= 0.6 is 11.6 Å². The summed E-state index contributed by atoms with van der Waals surface area (Å²) in [5.41, 5.74) is 2.57. The van der Waals surface area contributed by atoms with Crippen LogP contribution in [0.3, 0.4) is 0 Å². The molecule has 2 rings (SSSR count). The van der Waals surface area contributed by atoms with Gasteiger partial charge in [0, 0.05) is 16.5 Å². The lowest BCUT2D eigenvalue weighted by Crippen LogP contribution is -2.22. The van der Waals surface area contributed by atoms with Gasteiger partial charge in [0.1, 0.15) is 11.8 Å². The number of nitriles is 1. The number of rotatable bonds is 4. The topological polar surface area (TPSA) is 103 Å². The molecule has 0 fully saturated rings. The molecule has 8 heteroatoms. The van der Waals surface area contributed by atoms with Gasteiger partial charge in [-0.1, -0.05) is 43.6 Å². The molecular formula is C16H16ClN5O2. The smallest absolute Gasteiger partial charge is 0.288 e. The molecular weight excluding hydrogens is 330 g/mol. The average molecular weight is 346 g/mol. The fourth-order valence-electron chi connectivity index (χ4n) is 1.67. The second-order valence-corrected chi connectivity index (χ2v) is 6.41. The number of hydrazone groups is 1. The average Bonchev–Trinajstić information content (AvgIpc) is 2.96.